The Hall–Kier alpha value is -1.83. The van der Waals surface area contributed by atoms with E-state index >= 15 is 0 Å². The van der Waals surface area contributed by atoms with Crippen molar-refractivity contribution in [1.29, 1.82) is 0 Å². The molecule has 178 valence electrons. The average Bonchev–Trinajstić information content (AvgIpc) is 2.70. The van der Waals surface area contributed by atoms with Crippen LogP contribution in [-0.4, -0.2) is 66.8 Å². The first-order chi connectivity index (χ1) is 14.7. The van der Waals surface area contributed by atoms with Crippen LogP contribution in [0.3, 0.4) is 0 Å². The van der Waals surface area contributed by atoms with Crippen LogP contribution < -0.4 is 10.6 Å². The molecule has 2 fully saturated rings. The Morgan fingerprint density at radius 2 is 1.71 bits per heavy atom. The molecule has 31 heavy (non-hydrogen) atoms. The highest BCUT2D eigenvalue weighted by atomic mass is 16.6. The molecule has 8 heteroatoms. The predicted molar refractivity (Wildman–Crippen MR) is 119 cm³/mol. The predicted octanol–water partition coefficient (Wildman–Crippen LogP) is 2.99. The van der Waals surface area contributed by atoms with Crippen molar-refractivity contribution in [2.75, 3.05) is 26.2 Å². The number of alkyl carbamates (subject to hydrolysis) is 1. The van der Waals surface area contributed by atoms with Crippen molar-refractivity contribution in [3.63, 3.8) is 0 Å². The third kappa shape index (κ3) is 9.46. The Bertz CT molecular complexity index is 605. The maximum atomic E-state index is 12.8. The fraction of sp³-hybridized carbons (Fsp3) is 0.870. The molecular formula is C23H41N3O5. The summed E-state index contributed by atoms with van der Waals surface area (Å²) in [6.07, 6.45) is 7.34. The molecule has 1 heterocycles. The molecule has 0 bridgehead atoms. The van der Waals surface area contributed by atoms with Gasteiger partial charge in [0.05, 0.1) is 6.10 Å². The van der Waals surface area contributed by atoms with Gasteiger partial charge in [-0.2, -0.15) is 0 Å². The summed E-state index contributed by atoms with van der Waals surface area (Å²) in [6, 6.07) is -0.00334. The van der Waals surface area contributed by atoms with E-state index in [1.165, 1.54) is 19.3 Å². The Labute approximate surface area is 186 Å². The fourth-order valence-electron chi connectivity index (χ4n) is 4.24. The molecule has 1 aliphatic carbocycles. The monoisotopic (exact) mass is 439 g/mol. The minimum atomic E-state index is -0.567. The second-order valence-corrected chi connectivity index (χ2v) is 9.83. The van der Waals surface area contributed by atoms with Crippen LogP contribution in [-0.2, 0) is 19.1 Å². The van der Waals surface area contributed by atoms with Gasteiger partial charge < -0.3 is 25.0 Å². The number of ether oxygens (including phenoxy) is 2. The van der Waals surface area contributed by atoms with E-state index < -0.39 is 11.7 Å². The maximum absolute atomic E-state index is 12.8. The van der Waals surface area contributed by atoms with Crippen LogP contribution in [0.5, 0.6) is 0 Å². The molecule has 1 saturated carbocycles. The first-order valence-electron chi connectivity index (χ1n) is 11.8. The van der Waals surface area contributed by atoms with Crippen molar-refractivity contribution in [3.05, 3.63) is 0 Å². The van der Waals surface area contributed by atoms with Crippen molar-refractivity contribution in [3.8, 4) is 0 Å². The second-order valence-electron chi connectivity index (χ2n) is 9.83. The highest BCUT2D eigenvalue weighted by molar-refractivity contribution is 5.79. The first-order valence-corrected chi connectivity index (χ1v) is 11.8. The zero-order valence-corrected chi connectivity index (χ0v) is 19.7. The van der Waals surface area contributed by atoms with Gasteiger partial charge in [0.1, 0.15) is 12.2 Å². The highest BCUT2D eigenvalue weighted by Crippen LogP contribution is 2.26. The lowest BCUT2D eigenvalue weighted by molar-refractivity contribution is -0.144. The van der Waals surface area contributed by atoms with Gasteiger partial charge in [-0.15, -0.1) is 0 Å². The molecule has 0 aromatic rings. The van der Waals surface area contributed by atoms with Crippen LogP contribution in [0.4, 0.5) is 4.79 Å². The lowest BCUT2D eigenvalue weighted by Crippen LogP contribution is -2.51. The standard InChI is InChI=1S/C23H41N3O5/c1-17-9-5-6-11-19(17)30-16-21(28)26-14-8-7-10-18(26)15-25-20(27)12-13-24-22(29)31-23(2,3)4/h17-19H,5-16H2,1-4H3,(H,24,29)(H,25,27)/t17-,18+,19-/m1/s1. The van der Waals surface area contributed by atoms with E-state index in [0.717, 1.165) is 25.7 Å². The van der Waals surface area contributed by atoms with Gasteiger partial charge in [-0.1, -0.05) is 19.8 Å². The summed E-state index contributed by atoms with van der Waals surface area (Å²) in [4.78, 5) is 38.5. The number of hydrogen-bond acceptors (Lipinski definition) is 5. The molecule has 1 aliphatic heterocycles. The molecule has 2 aliphatic rings. The largest absolute Gasteiger partial charge is 0.444 e. The van der Waals surface area contributed by atoms with E-state index in [1.54, 1.807) is 20.8 Å². The Morgan fingerprint density at radius 1 is 1.00 bits per heavy atom. The van der Waals surface area contributed by atoms with E-state index in [-0.39, 0.29) is 43.5 Å². The number of carbonyl (C=O) groups excluding carboxylic acids is 3. The summed E-state index contributed by atoms with van der Waals surface area (Å²) >= 11 is 0. The maximum Gasteiger partial charge on any atom is 0.407 e. The van der Waals surface area contributed by atoms with Crippen LogP contribution in [0.15, 0.2) is 0 Å². The molecule has 0 spiro atoms. The van der Waals surface area contributed by atoms with Crippen LogP contribution in [0.1, 0.15) is 79.1 Å². The quantitative estimate of drug-likeness (QED) is 0.606. The molecule has 3 atom stereocenters. The average molecular weight is 440 g/mol. The summed E-state index contributed by atoms with van der Waals surface area (Å²) in [7, 11) is 0. The van der Waals surface area contributed by atoms with Crippen molar-refractivity contribution >= 4 is 17.9 Å². The lowest BCUT2D eigenvalue weighted by Gasteiger charge is -2.36. The van der Waals surface area contributed by atoms with E-state index in [9.17, 15) is 14.4 Å². The first kappa shape index (κ1) is 25.4. The number of nitrogens with one attached hydrogen (secondary N) is 2. The van der Waals surface area contributed by atoms with E-state index in [4.69, 9.17) is 9.47 Å². The number of carbonyl (C=O) groups is 3. The van der Waals surface area contributed by atoms with Gasteiger partial charge in [0, 0.05) is 32.1 Å². The molecule has 3 amide bonds. The zero-order chi connectivity index (χ0) is 22.9. The minimum absolute atomic E-state index is 0.00334. The summed E-state index contributed by atoms with van der Waals surface area (Å²) in [6.45, 7) is 9.04. The molecule has 2 rings (SSSR count). The molecule has 0 aromatic heterocycles. The molecule has 2 N–H and O–H groups in total. The normalized spacial score (nSPS) is 24.4. The molecular weight excluding hydrogens is 398 g/mol. The number of likely N-dealkylation sites (tertiary alicyclic amines) is 1. The highest BCUT2D eigenvalue weighted by Gasteiger charge is 2.29. The zero-order valence-electron chi connectivity index (χ0n) is 19.7. The number of piperidine rings is 1. The number of amides is 3. The molecule has 0 radical (unpaired) electrons. The summed E-state index contributed by atoms with van der Waals surface area (Å²) < 4.78 is 11.1. The smallest absolute Gasteiger partial charge is 0.407 e. The third-order valence-electron chi connectivity index (χ3n) is 5.96. The van der Waals surface area contributed by atoms with E-state index in [2.05, 4.69) is 17.6 Å². The molecule has 0 unspecified atom stereocenters. The Morgan fingerprint density at radius 3 is 2.42 bits per heavy atom. The van der Waals surface area contributed by atoms with Crippen LogP contribution in [0.25, 0.3) is 0 Å². The van der Waals surface area contributed by atoms with Gasteiger partial charge in [0.2, 0.25) is 11.8 Å². The van der Waals surface area contributed by atoms with Crippen molar-refractivity contribution in [1.82, 2.24) is 15.5 Å². The van der Waals surface area contributed by atoms with Crippen LogP contribution >= 0.6 is 0 Å². The lowest BCUT2D eigenvalue weighted by atomic mass is 9.88. The van der Waals surface area contributed by atoms with Gasteiger partial charge in [0.15, 0.2) is 0 Å². The van der Waals surface area contributed by atoms with Crippen molar-refractivity contribution < 1.29 is 23.9 Å². The van der Waals surface area contributed by atoms with Crippen molar-refractivity contribution in [2.24, 2.45) is 5.92 Å². The van der Waals surface area contributed by atoms with Gasteiger partial charge in [-0.05, 0) is 58.8 Å². The summed E-state index contributed by atoms with van der Waals surface area (Å²) in [5, 5.41) is 5.49. The van der Waals surface area contributed by atoms with Gasteiger partial charge >= 0.3 is 6.09 Å². The summed E-state index contributed by atoms with van der Waals surface area (Å²) in [5.74, 6) is 0.372. The fourth-order valence-corrected chi connectivity index (χ4v) is 4.24. The minimum Gasteiger partial charge on any atom is -0.444 e. The number of rotatable bonds is 8. The topological polar surface area (TPSA) is 97.0 Å². The molecule has 1 saturated heterocycles. The second kappa shape index (κ2) is 12.3. The molecule has 0 aromatic carbocycles. The summed E-state index contributed by atoms with van der Waals surface area (Å²) in [5.41, 5.74) is -0.567. The van der Waals surface area contributed by atoms with Crippen LogP contribution in [0, 0.1) is 5.92 Å². The van der Waals surface area contributed by atoms with Gasteiger partial charge in [-0.3, -0.25) is 9.59 Å². The van der Waals surface area contributed by atoms with Gasteiger partial charge in [0.25, 0.3) is 0 Å². The Kier molecular flexibility index (Phi) is 10.1. The van der Waals surface area contributed by atoms with E-state index in [0.29, 0.717) is 19.0 Å². The molecule has 8 nitrogen and oxygen atoms in total. The number of nitrogens with zero attached hydrogens (tertiary/aromatic N) is 1. The van der Waals surface area contributed by atoms with E-state index in [1.807, 2.05) is 4.90 Å². The van der Waals surface area contributed by atoms with Gasteiger partial charge in [-0.25, -0.2) is 4.79 Å². The Balaban J connectivity index is 1.70. The van der Waals surface area contributed by atoms with Crippen molar-refractivity contribution in [2.45, 2.75) is 96.8 Å². The SMILES string of the molecule is C[C@@H]1CCCC[C@H]1OCC(=O)N1CCCC[C@H]1CNC(=O)CCNC(=O)OC(C)(C)C. The van der Waals surface area contributed by atoms with Crippen LogP contribution in [0.2, 0.25) is 0 Å². The number of hydrogen-bond donors (Lipinski definition) is 2. The third-order valence-corrected chi connectivity index (χ3v) is 5.96.